The first-order valence-electron chi connectivity index (χ1n) is 9.04. The molecule has 0 spiro atoms. The Bertz CT molecular complexity index is 889. The van der Waals surface area contributed by atoms with Gasteiger partial charge in [0.2, 0.25) is 17.7 Å². The van der Waals surface area contributed by atoms with Crippen LogP contribution >= 0.6 is 0 Å². The van der Waals surface area contributed by atoms with Gasteiger partial charge in [0.15, 0.2) is 0 Å². The maximum atomic E-state index is 12.4. The molecule has 0 saturated heterocycles. The standard InChI is InChI=1S/C21H21N3O2/c25-19(22-18-12-6-10-15-7-4-5-11-17(15)18)13-14-20-23-24-21(26-20)16-8-2-1-3-9-16/h1-5,7-9,11,18H,6,10,12-14H2,(H,22,25)/t18-/m0/s1. The summed E-state index contributed by atoms with van der Waals surface area (Å²) in [6.07, 6.45) is 3.97. The molecule has 5 nitrogen and oxygen atoms in total. The van der Waals surface area contributed by atoms with Gasteiger partial charge < -0.3 is 9.73 Å². The summed E-state index contributed by atoms with van der Waals surface area (Å²) >= 11 is 0. The Balaban J connectivity index is 1.35. The van der Waals surface area contributed by atoms with Crippen LogP contribution in [0.15, 0.2) is 59.0 Å². The predicted octanol–water partition coefficient (Wildman–Crippen LogP) is 3.86. The van der Waals surface area contributed by atoms with Gasteiger partial charge in [0.1, 0.15) is 0 Å². The van der Waals surface area contributed by atoms with E-state index in [1.54, 1.807) is 0 Å². The topological polar surface area (TPSA) is 68.0 Å². The molecular weight excluding hydrogens is 326 g/mol. The number of carbonyl (C=O) groups excluding carboxylic acids is 1. The van der Waals surface area contributed by atoms with E-state index in [-0.39, 0.29) is 11.9 Å². The first-order valence-corrected chi connectivity index (χ1v) is 9.04. The van der Waals surface area contributed by atoms with E-state index in [0.717, 1.165) is 24.8 Å². The third-order valence-corrected chi connectivity index (χ3v) is 4.76. The highest BCUT2D eigenvalue weighted by atomic mass is 16.4. The maximum Gasteiger partial charge on any atom is 0.247 e. The summed E-state index contributed by atoms with van der Waals surface area (Å²) in [6.45, 7) is 0. The summed E-state index contributed by atoms with van der Waals surface area (Å²) in [6, 6.07) is 18.1. The second-order valence-corrected chi connectivity index (χ2v) is 6.58. The van der Waals surface area contributed by atoms with E-state index in [2.05, 4.69) is 33.7 Å². The van der Waals surface area contributed by atoms with Crippen LogP contribution in [0.1, 0.15) is 42.3 Å². The number of amides is 1. The van der Waals surface area contributed by atoms with Gasteiger partial charge in [-0.1, -0.05) is 42.5 Å². The van der Waals surface area contributed by atoms with Crippen LogP contribution < -0.4 is 5.32 Å². The van der Waals surface area contributed by atoms with E-state index < -0.39 is 0 Å². The lowest BCUT2D eigenvalue weighted by molar-refractivity contribution is -0.122. The van der Waals surface area contributed by atoms with Gasteiger partial charge >= 0.3 is 0 Å². The molecule has 1 N–H and O–H groups in total. The monoisotopic (exact) mass is 347 g/mol. The minimum absolute atomic E-state index is 0.0196. The number of nitrogens with one attached hydrogen (secondary N) is 1. The van der Waals surface area contributed by atoms with Crippen LogP contribution in [-0.4, -0.2) is 16.1 Å². The molecule has 132 valence electrons. The average Bonchev–Trinajstić information content (AvgIpc) is 3.17. The second-order valence-electron chi connectivity index (χ2n) is 6.58. The van der Waals surface area contributed by atoms with Crippen molar-refractivity contribution in [1.82, 2.24) is 15.5 Å². The van der Waals surface area contributed by atoms with Crippen LogP contribution in [0.5, 0.6) is 0 Å². The van der Waals surface area contributed by atoms with Crippen molar-refractivity contribution in [2.24, 2.45) is 0 Å². The summed E-state index contributed by atoms with van der Waals surface area (Å²) < 4.78 is 5.66. The Hall–Kier alpha value is -2.95. The molecule has 1 aliphatic carbocycles. The van der Waals surface area contributed by atoms with Crippen LogP contribution in [0.25, 0.3) is 11.5 Å². The molecular formula is C21H21N3O2. The van der Waals surface area contributed by atoms with Crippen LogP contribution in [0.4, 0.5) is 0 Å². The van der Waals surface area contributed by atoms with E-state index in [1.165, 1.54) is 11.1 Å². The number of aryl methyl sites for hydroxylation is 2. The smallest absolute Gasteiger partial charge is 0.247 e. The zero-order valence-corrected chi connectivity index (χ0v) is 14.5. The quantitative estimate of drug-likeness (QED) is 0.761. The van der Waals surface area contributed by atoms with Gasteiger partial charge in [-0.15, -0.1) is 10.2 Å². The molecule has 1 amide bonds. The SMILES string of the molecule is O=C(CCc1nnc(-c2ccccc2)o1)N[C@H]1CCCc2ccccc21. The van der Waals surface area contributed by atoms with Crippen molar-refractivity contribution in [3.63, 3.8) is 0 Å². The first kappa shape index (κ1) is 16.5. The Morgan fingerprint density at radius 3 is 2.77 bits per heavy atom. The summed E-state index contributed by atoms with van der Waals surface area (Å²) in [4.78, 5) is 12.4. The number of rotatable bonds is 5. The largest absolute Gasteiger partial charge is 0.421 e. The van der Waals surface area contributed by atoms with Gasteiger partial charge in [0.25, 0.3) is 0 Å². The Morgan fingerprint density at radius 2 is 1.88 bits per heavy atom. The summed E-state index contributed by atoms with van der Waals surface area (Å²) in [5.74, 6) is 0.997. The Labute approximate surface area is 152 Å². The summed E-state index contributed by atoms with van der Waals surface area (Å²) in [5.41, 5.74) is 3.47. The first-order chi connectivity index (χ1) is 12.8. The van der Waals surface area contributed by atoms with Crippen molar-refractivity contribution in [3.8, 4) is 11.5 Å². The van der Waals surface area contributed by atoms with E-state index in [0.29, 0.717) is 24.6 Å². The van der Waals surface area contributed by atoms with E-state index in [4.69, 9.17) is 4.42 Å². The molecule has 1 atom stereocenters. The molecule has 0 radical (unpaired) electrons. The van der Waals surface area contributed by atoms with Gasteiger partial charge in [0, 0.05) is 18.4 Å². The van der Waals surface area contributed by atoms with Gasteiger partial charge in [-0.3, -0.25) is 4.79 Å². The molecule has 0 aliphatic heterocycles. The van der Waals surface area contributed by atoms with Crippen molar-refractivity contribution in [3.05, 3.63) is 71.6 Å². The van der Waals surface area contributed by atoms with E-state index in [1.807, 2.05) is 36.4 Å². The van der Waals surface area contributed by atoms with Crippen LogP contribution in [0, 0.1) is 0 Å². The highest BCUT2D eigenvalue weighted by Crippen LogP contribution is 2.29. The third kappa shape index (κ3) is 3.67. The predicted molar refractivity (Wildman–Crippen MR) is 98.3 cm³/mol. The third-order valence-electron chi connectivity index (χ3n) is 4.76. The zero-order chi connectivity index (χ0) is 17.8. The minimum atomic E-state index is 0.0196. The van der Waals surface area contributed by atoms with Gasteiger partial charge in [0.05, 0.1) is 6.04 Å². The number of benzene rings is 2. The van der Waals surface area contributed by atoms with Crippen molar-refractivity contribution in [2.45, 2.75) is 38.1 Å². The number of fused-ring (bicyclic) bond motifs is 1. The van der Waals surface area contributed by atoms with Crippen molar-refractivity contribution < 1.29 is 9.21 Å². The zero-order valence-electron chi connectivity index (χ0n) is 14.5. The highest BCUT2D eigenvalue weighted by molar-refractivity contribution is 5.76. The highest BCUT2D eigenvalue weighted by Gasteiger charge is 2.21. The fraction of sp³-hybridized carbons (Fsp3) is 0.286. The Morgan fingerprint density at radius 1 is 1.08 bits per heavy atom. The van der Waals surface area contributed by atoms with Gasteiger partial charge in [-0.25, -0.2) is 0 Å². The van der Waals surface area contributed by atoms with Crippen molar-refractivity contribution >= 4 is 5.91 Å². The number of aromatic nitrogens is 2. The molecule has 0 unspecified atom stereocenters. The molecule has 0 bridgehead atoms. The number of hydrogen-bond acceptors (Lipinski definition) is 4. The molecule has 2 aromatic carbocycles. The number of carbonyl (C=O) groups is 1. The normalized spacial score (nSPS) is 16.1. The van der Waals surface area contributed by atoms with E-state index in [9.17, 15) is 4.79 Å². The summed E-state index contributed by atoms with van der Waals surface area (Å²) in [7, 11) is 0. The molecule has 0 saturated carbocycles. The molecule has 1 aromatic heterocycles. The minimum Gasteiger partial charge on any atom is -0.421 e. The lowest BCUT2D eigenvalue weighted by Gasteiger charge is -2.26. The van der Waals surface area contributed by atoms with Crippen molar-refractivity contribution in [2.75, 3.05) is 0 Å². The molecule has 26 heavy (non-hydrogen) atoms. The molecule has 0 fully saturated rings. The lowest BCUT2D eigenvalue weighted by atomic mass is 9.87. The lowest BCUT2D eigenvalue weighted by Crippen LogP contribution is -2.31. The van der Waals surface area contributed by atoms with Crippen LogP contribution in [-0.2, 0) is 17.6 Å². The fourth-order valence-electron chi connectivity index (χ4n) is 3.44. The maximum absolute atomic E-state index is 12.4. The van der Waals surface area contributed by atoms with Gasteiger partial charge in [-0.05, 0) is 42.5 Å². The molecule has 1 heterocycles. The molecule has 1 aliphatic rings. The molecule has 4 rings (SSSR count). The van der Waals surface area contributed by atoms with Gasteiger partial charge in [-0.2, -0.15) is 0 Å². The van der Waals surface area contributed by atoms with E-state index >= 15 is 0 Å². The summed E-state index contributed by atoms with van der Waals surface area (Å²) in [5, 5.41) is 11.3. The molecule has 5 heteroatoms. The molecule has 3 aromatic rings. The Kier molecular flexibility index (Phi) is 4.78. The number of hydrogen-bond donors (Lipinski definition) is 1. The van der Waals surface area contributed by atoms with Crippen LogP contribution in [0.3, 0.4) is 0 Å². The average molecular weight is 347 g/mol. The van der Waals surface area contributed by atoms with Crippen LogP contribution in [0.2, 0.25) is 0 Å². The van der Waals surface area contributed by atoms with Crippen molar-refractivity contribution in [1.29, 1.82) is 0 Å². The fourth-order valence-corrected chi connectivity index (χ4v) is 3.44. The number of nitrogens with zero attached hydrogens (tertiary/aromatic N) is 2. The second kappa shape index (κ2) is 7.52.